The van der Waals surface area contributed by atoms with Crippen LogP contribution in [-0.4, -0.2) is 17.7 Å². The van der Waals surface area contributed by atoms with Crippen LogP contribution < -0.4 is 10.5 Å². The number of ether oxygens (including phenoxy) is 1. The van der Waals surface area contributed by atoms with Gasteiger partial charge in [-0.25, -0.2) is 4.79 Å². The van der Waals surface area contributed by atoms with Crippen molar-refractivity contribution in [2.45, 2.75) is 26.2 Å². The molecule has 0 unspecified atom stereocenters. The molecular weight excluding hydrogens is 206 g/mol. The fourth-order valence-electron chi connectivity index (χ4n) is 1.37. The Balaban J connectivity index is 2.67. The number of carbonyl (C=O) groups is 1. The van der Waals surface area contributed by atoms with E-state index in [1.54, 1.807) is 12.1 Å². The summed E-state index contributed by atoms with van der Waals surface area (Å²) in [6.07, 6.45) is 3.12. The first-order valence-electron chi connectivity index (χ1n) is 5.40. The van der Waals surface area contributed by atoms with Gasteiger partial charge in [-0.2, -0.15) is 0 Å². The van der Waals surface area contributed by atoms with Gasteiger partial charge in [-0.05, 0) is 24.6 Å². The molecule has 0 heterocycles. The van der Waals surface area contributed by atoms with E-state index in [-0.39, 0.29) is 5.56 Å². The summed E-state index contributed by atoms with van der Waals surface area (Å²) in [5.74, 6) is -0.629. The maximum Gasteiger partial charge on any atom is 0.339 e. The molecule has 0 aliphatic rings. The van der Waals surface area contributed by atoms with Gasteiger partial charge in [0.1, 0.15) is 11.3 Å². The predicted molar refractivity (Wildman–Crippen MR) is 62.8 cm³/mol. The molecule has 0 saturated carbocycles. The smallest absolute Gasteiger partial charge is 0.339 e. The quantitative estimate of drug-likeness (QED) is 0.574. The Labute approximate surface area is 95.0 Å². The molecule has 0 saturated heterocycles. The van der Waals surface area contributed by atoms with Gasteiger partial charge in [0.05, 0.1) is 6.61 Å². The second-order valence-electron chi connectivity index (χ2n) is 3.62. The van der Waals surface area contributed by atoms with E-state index in [4.69, 9.17) is 15.6 Å². The lowest BCUT2D eigenvalue weighted by atomic mass is 10.2. The Bertz CT molecular complexity index is 363. The molecule has 0 aliphatic heterocycles. The third kappa shape index (κ3) is 3.46. The summed E-state index contributed by atoms with van der Waals surface area (Å²) in [5, 5.41) is 8.96. The average molecular weight is 223 g/mol. The molecule has 0 spiro atoms. The molecule has 1 rings (SSSR count). The second-order valence-corrected chi connectivity index (χ2v) is 3.62. The highest BCUT2D eigenvalue weighted by atomic mass is 16.5. The number of anilines is 1. The molecule has 0 fully saturated rings. The molecule has 3 N–H and O–H groups in total. The highest BCUT2D eigenvalue weighted by molar-refractivity contribution is 5.92. The number of hydrogen-bond donors (Lipinski definition) is 2. The fourth-order valence-corrected chi connectivity index (χ4v) is 1.37. The van der Waals surface area contributed by atoms with Crippen LogP contribution >= 0.6 is 0 Å². The molecule has 0 atom stereocenters. The van der Waals surface area contributed by atoms with E-state index >= 15 is 0 Å². The Kier molecular flexibility index (Phi) is 4.64. The van der Waals surface area contributed by atoms with Gasteiger partial charge in [0.2, 0.25) is 0 Å². The molecule has 88 valence electrons. The topological polar surface area (TPSA) is 72.5 Å². The van der Waals surface area contributed by atoms with Gasteiger partial charge in [-0.3, -0.25) is 0 Å². The number of benzene rings is 1. The largest absolute Gasteiger partial charge is 0.493 e. The molecule has 4 heteroatoms. The van der Waals surface area contributed by atoms with Gasteiger partial charge in [0.25, 0.3) is 0 Å². The van der Waals surface area contributed by atoms with Crippen molar-refractivity contribution in [3.63, 3.8) is 0 Å². The third-order valence-corrected chi connectivity index (χ3v) is 2.24. The molecule has 0 radical (unpaired) electrons. The van der Waals surface area contributed by atoms with Crippen LogP contribution in [0.15, 0.2) is 18.2 Å². The van der Waals surface area contributed by atoms with Gasteiger partial charge in [0, 0.05) is 5.69 Å². The van der Waals surface area contributed by atoms with Crippen LogP contribution in [0, 0.1) is 0 Å². The normalized spacial score (nSPS) is 10.1. The number of unbranched alkanes of at least 4 members (excludes halogenated alkanes) is 2. The minimum absolute atomic E-state index is 0.122. The van der Waals surface area contributed by atoms with Crippen molar-refractivity contribution in [1.82, 2.24) is 0 Å². The average Bonchev–Trinajstić information content (AvgIpc) is 2.26. The minimum Gasteiger partial charge on any atom is -0.493 e. The summed E-state index contributed by atoms with van der Waals surface area (Å²) in [6, 6.07) is 4.66. The molecule has 4 nitrogen and oxygen atoms in total. The zero-order valence-corrected chi connectivity index (χ0v) is 9.40. The Hall–Kier alpha value is -1.71. The van der Waals surface area contributed by atoms with Crippen molar-refractivity contribution < 1.29 is 14.6 Å². The van der Waals surface area contributed by atoms with E-state index in [9.17, 15) is 4.79 Å². The van der Waals surface area contributed by atoms with Crippen LogP contribution in [0.3, 0.4) is 0 Å². The van der Waals surface area contributed by atoms with Gasteiger partial charge < -0.3 is 15.6 Å². The van der Waals surface area contributed by atoms with Crippen molar-refractivity contribution in [2.24, 2.45) is 0 Å². The number of carboxylic acids is 1. The number of nitrogen functional groups attached to an aromatic ring is 1. The van der Waals surface area contributed by atoms with Crippen LogP contribution in [-0.2, 0) is 0 Å². The SMILES string of the molecule is CCCCCOc1ccc(N)cc1C(=O)O. The van der Waals surface area contributed by atoms with Gasteiger partial charge in [-0.1, -0.05) is 19.8 Å². The number of rotatable bonds is 6. The first kappa shape index (κ1) is 12.4. The summed E-state index contributed by atoms with van der Waals surface area (Å²) in [5.41, 5.74) is 6.07. The molecule has 0 bridgehead atoms. The number of carboxylic acid groups (broad SMARTS) is 1. The number of hydrogen-bond acceptors (Lipinski definition) is 3. The maximum atomic E-state index is 10.9. The minimum atomic E-state index is -1.02. The second kappa shape index (κ2) is 6.00. The van der Waals surface area contributed by atoms with Crippen molar-refractivity contribution in [1.29, 1.82) is 0 Å². The van der Waals surface area contributed by atoms with Crippen LogP contribution in [0.25, 0.3) is 0 Å². The van der Waals surface area contributed by atoms with Gasteiger partial charge in [0.15, 0.2) is 0 Å². The first-order chi connectivity index (χ1) is 7.65. The van der Waals surface area contributed by atoms with E-state index in [0.29, 0.717) is 18.0 Å². The van der Waals surface area contributed by atoms with Crippen molar-refractivity contribution in [3.8, 4) is 5.75 Å². The summed E-state index contributed by atoms with van der Waals surface area (Å²) in [7, 11) is 0. The standard InChI is InChI=1S/C12H17NO3/c1-2-3-4-7-16-11-6-5-9(13)8-10(11)12(14)15/h5-6,8H,2-4,7,13H2,1H3,(H,14,15). The van der Waals surface area contributed by atoms with Crippen LogP contribution in [0.1, 0.15) is 36.5 Å². The van der Waals surface area contributed by atoms with Crippen molar-refractivity contribution in [2.75, 3.05) is 12.3 Å². The van der Waals surface area contributed by atoms with E-state index in [1.165, 1.54) is 6.07 Å². The molecule has 16 heavy (non-hydrogen) atoms. The first-order valence-corrected chi connectivity index (χ1v) is 5.40. The predicted octanol–water partition coefficient (Wildman–Crippen LogP) is 2.54. The highest BCUT2D eigenvalue weighted by Crippen LogP contribution is 2.21. The van der Waals surface area contributed by atoms with Crippen molar-refractivity contribution >= 4 is 11.7 Å². The maximum absolute atomic E-state index is 10.9. The van der Waals surface area contributed by atoms with Crippen LogP contribution in [0.2, 0.25) is 0 Å². The van der Waals surface area contributed by atoms with E-state index in [1.807, 2.05) is 0 Å². The fraction of sp³-hybridized carbons (Fsp3) is 0.417. The molecule has 0 aromatic heterocycles. The summed E-state index contributed by atoms with van der Waals surface area (Å²) >= 11 is 0. The van der Waals surface area contributed by atoms with Crippen molar-refractivity contribution in [3.05, 3.63) is 23.8 Å². The summed E-state index contributed by atoms with van der Waals surface area (Å²) < 4.78 is 5.42. The lowest BCUT2D eigenvalue weighted by Crippen LogP contribution is -2.05. The monoisotopic (exact) mass is 223 g/mol. The lowest BCUT2D eigenvalue weighted by molar-refractivity contribution is 0.0692. The zero-order valence-electron chi connectivity index (χ0n) is 9.40. The van der Waals surface area contributed by atoms with E-state index in [2.05, 4.69) is 6.92 Å². The summed E-state index contributed by atoms with van der Waals surface area (Å²) in [4.78, 5) is 10.9. The molecular formula is C12H17NO3. The molecule has 1 aromatic carbocycles. The number of nitrogens with two attached hydrogens (primary N) is 1. The molecule has 0 aliphatic carbocycles. The third-order valence-electron chi connectivity index (χ3n) is 2.24. The Morgan fingerprint density at radius 1 is 1.44 bits per heavy atom. The van der Waals surface area contributed by atoms with Gasteiger partial charge in [-0.15, -0.1) is 0 Å². The van der Waals surface area contributed by atoms with Crippen LogP contribution in [0.5, 0.6) is 5.75 Å². The number of aromatic carboxylic acids is 1. The van der Waals surface area contributed by atoms with Crippen LogP contribution in [0.4, 0.5) is 5.69 Å². The lowest BCUT2D eigenvalue weighted by Gasteiger charge is -2.09. The Morgan fingerprint density at radius 2 is 2.19 bits per heavy atom. The summed E-state index contributed by atoms with van der Waals surface area (Å²) in [6.45, 7) is 2.64. The Morgan fingerprint density at radius 3 is 2.81 bits per heavy atom. The van der Waals surface area contributed by atoms with Gasteiger partial charge >= 0.3 is 5.97 Å². The van der Waals surface area contributed by atoms with E-state index < -0.39 is 5.97 Å². The molecule has 0 amide bonds. The zero-order chi connectivity index (χ0) is 12.0. The van der Waals surface area contributed by atoms with E-state index in [0.717, 1.165) is 19.3 Å². The molecule has 1 aromatic rings. The highest BCUT2D eigenvalue weighted by Gasteiger charge is 2.11.